The maximum absolute atomic E-state index is 6.21. The molecular weight excluding hydrogens is 356 g/mol. The second kappa shape index (κ2) is 5.97. The lowest BCUT2D eigenvalue weighted by atomic mass is 9.95. The molecule has 4 heteroatoms. The van der Waals surface area contributed by atoms with E-state index in [1.54, 1.807) is 0 Å². The normalized spacial score (nSPS) is 14.2. The molecule has 2 aromatic rings. The SMILES string of the molecule is NC(c1ccc(Br)cc1)C(N)c1ccc(Br)cc1. The molecule has 0 fully saturated rings. The summed E-state index contributed by atoms with van der Waals surface area (Å²) in [4.78, 5) is 0. The highest BCUT2D eigenvalue weighted by Crippen LogP contribution is 2.26. The van der Waals surface area contributed by atoms with Gasteiger partial charge in [0.2, 0.25) is 0 Å². The molecule has 0 aromatic heterocycles. The number of halogens is 2. The first-order chi connectivity index (χ1) is 8.58. The van der Waals surface area contributed by atoms with Crippen LogP contribution in [-0.4, -0.2) is 0 Å². The fraction of sp³-hybridized carbons (Fsp3) is 0.143. The fourth-order valence-corrected chi connectivity index (χ4v) is 2.31. The first-order valence-electron chi connectivity index (χ1n) is 5.60. The van der Waals surface area contributed by atoms with Crippen LogP contribution >= 0.6 is 31.9 Å². The summed E-state index contributed by atoms with van der Waals surface area (Å²) in [5.41, 5.74) is 14.5. The fourth-order valence-electron chi connectivity index (χ4n) is 1.78. The van der Waals surface area contributed by atoms with Gasteiger partial charge >= 0.3 is 0 Å². The summed E-state index contributed by atoms with van der Waals surface area (Å²) in [7, 11) is 0. The van der Waals surface area contributed by atoms with Crippen molar-refractivity contribution in [3.05, 3.63) is 68.6 Å². The molecule has 0 radical (unpaired) electrons. The quantitative estimate of drug-likeness (QED) is 0.861. The van der Waals surface area contributed by atoms with E-state index in [-0.39, 0.29) is 12.1 Å². The van der Waals surface area contributed by atoms with Gasteiger partial charge in [0.25, 0.3) is 0 Å². The van der Waals surface area contributed by atoms with Gasteiger partial charge in [-0.15, -0.1) is 0 Å². The highest BCUT2D eigenvalue weighted by Gasteiger charge is 2.17. The zero-order valence-corrected chi connectivity index (χ0v) is 12.9. The average molecular weight is 370 g/mol. The summed E-state index contributed by atoms with van der Waals surface area (Å²) in [6, 6.07) is 15.5. The van der Waals surface area contributed by atoms with E-state index in [2.05, 4.69) is 31.9 Å². The smallest absolute Gasteiger partial charge is 0.0491 e. The molecule has 0 aliphatic carbocycles. The predicted molar refractivity (Wildman–Crippen MR) is 82.1 cm³/mol. The minimum Gasteiger partial charge on any atom is -0.322 e. The van der Waals surface area contributed by atoms with E-state index in [1.807, 2.05) is 48.5 Å². The zero-order chi connectivity index (χ0) is 13.1. The van der Waals surface area contributed by atoms with Gasteiger partial charge in [0, 0.05) is 21.0 Å². The highest BCUT2D eigenvalue weighted by molar-refractivity contribution is 9.10. The molecule has 0 aliphatic heterocycles. The van der Waals surface area contributed by atoms with Crippen LogP contribution in [0.15, 0.2) is 57.5 Å². The van der Waals surface area contributed by atoms with Crippen molar-refractivity contribution in [3.8, 4) is 0 Å². The Morgan fingerprint density at radius 2 is 0.889 bits per heavy atom. The molecule has 0 saturated heterocycles. The molecule has 2 aromatic carbocycles. The largest absolute Gasteiger partial charge is 0.322 e. The van der Waals surface area contributed by atoms with Crippen LogP contribution in [-0.2, 0) is 0 Å². The van der Waals surface area contributed by atoms with Crippen LogP contribution < -0.4 is 11.5 Å². The van der Waals surface area contributed by atoms with Crippen LogP contribution in [0, 0.1) is 0 Å². The Labute approximate surface area is 124 Å². The lowest BCUT2D eigenvalue weighted by Gasteiger charge is -2.20. The van der Waals surface area contributed by atoms with E-state index >= 15 is 0 Å². The van der Waals surface area contributed by atoms with E-state index in [1.165, 1.54) is 0 Å². The van der Waals surface area contributed by atoms with Crippen LogP contribution in [0.25, 0.3) is 0 Å². The molecule has 18 heavy (non-hydrogen) atoms. The second-order valence-corrected chi connectivity index (χ2v) is 5.99. The van der Waals surface area contributed by atoms with Gasteiger partial charge < -0.3 is 11.5 Å². The van der Waals surface area contributed by atoms with Crippen molar-refractivity contribution in [1.82, 2.24) is 0 Å². The van der Waals surface area contributed by atoms with Crippen molar-refractivity contribution in [2.24, 2.45) is 11.5 Å². The maximum Gasteiger partial charge on any atom is 0.0491 e. The Bertz CT molecular complexity index is 459. The van der Waals surface area contributed by atoms with E-state index in [4.69, 9.17) is 11.5 Å². The third-order valence-corrected chi connectivity index (χ3v) is 3.95. The zero-order valence-electron chi connectivity index (χ0n) is 9.68. The second-order valence-electron chi connectivity index (χ2n) is 4.15. The Morgan fingerprint density at radius 3 is 1.17 bits per heavy atom. The van der Waals surface area contributed by atoms with Crippen LogP contribution in [0.1, 0.15) is 23.2 Å². The van der Waals surface area contributed by atoms with Crippen LogP contribution in [0.2, 0.25) is 0 Å². The lowest BCUT2D eigenvalue weighted by molar-refractivity contribution is 0.574. The maximum atomic E-state index is 6.21. The number of nitrogens with two attached hydrogens (primary N) is 2. The number of benzene rings is 2. The van der Waals surface area contributed by atoms with Crippen LogP contribution in [0.3, 0.4) is 0 Å². The molecule has 0 heterocycles. The highest BCUT2D eigenvalue weighted by atomic mass is 79.9. The van der Waals surface area contributed by atoms with Gasteiger partial charge in [-0.25, -0.2) is 0 Å². The van der Waals surface area contributed by atoms with Crippen molar-refractivity contribution in [2.45, 2.75) is 12.1 Å². The molecule has 94 valence electrons. The topological polar surface area (TPSA) is 52.0 Å². The van der Waals surface area contributed by atoms with Crippen molar-refractivity contribution in [3.63, 3.8) is 0 Å². The Balaban J connectivity index is 2.20. The summed E-state index contributed by atoms with van der Waals surface area (Å²) < 4.78 is 2.08. The van der Waals surface area contributed by atoms with Gasteiger partial charge in [-0.2, -0.15) is 0 Å². The van der Waals surface area contributed by atoms with E-state index in [0.29, 0.717) is 0 Å². The summed E-state index contributed by atoms with van der Waals surface area (Å²) in [6.07, 6.45) is 0. The van der Waals surface area contributed by atoms with Crippen molar-refractivity contribution < 1.29 is 0 Å². The Morgan fingerprint density at radius 1 is 0.611 bits per heavy atom. The third-order valence-electron chi connectivity index (χ3n) is 2.90. The van der Waals surface area contributed by atoms with Gasteiger partial charge in [-0.1, -0.05) is 56.1 Å². The molecule has 2 atom stereocenters. The van der Waals surface area contributed by atoms with E-state index < -0.39 is 0 Å². The van der Waals surface area contributed by atoms with Gasteiger partial charge in [0.1, 0.15) is 0 Å². The minimum absolute atomic E-state index is 0.209. The predicted octanol–water partition coefficient (Wildman–Crippen LogP) is 3.91. The van der Waals surface area contributed by atoms with E-state index in [9.17, 15) is 0 Å². The number of hydrogen-bond acceptors (Lipinski definition) is 2. The molecular formula is C14H14Br2N2. The summed E-state index contributed by atoms with van der Waals surface area (Å²) >= 11 is 6.81. The summed E-state index contributed by atoms with van der Waals surface area (Å²) in [5, 5.41) is 0. The Kier molecular flexibility index (Phi) is 4.56. The van der Waals surface area contributed by atoms with Gasteiger partial charge in [-0.05, 0) is 35.4 Å². The molecule has 0 bridgehead atoms. The minimum atomic E-state index is -0.209. The van der Waals surface area contributed by atoms with Gasteiger partial charge in [-0.3, -0.25) is 0 Å². The Hall–Kier alpha value is -0.680. The first kappa shape index (κ1) is 13.7. The van der Waals surface area contributed by atoms with Gasteiger partial charge in [0.15, 0.2) is 0 Å². The molecule has 0 spiro atoms. The molecule has 2 rings (SSSR count). The average Bonchev–Trinajstić information content (AvgIpc) is 2.39. The summed E-state index contributed by atoms with van der Waals surface area (Å²) in [6.45, 7) is 0. The van der Waals surface area contributed by atoms with Crippen LogP contribution in [0.5, 0.6) is 0 Å². The first-order valence-corrected chi connectivity index (χ1v) is 7.18. The lowest BCUT2D eigenvalue weighted by Crippen LogP contribution is -2.26. The number of hydrogen-bond donors (Lipinski definition) is 2. The third kappa shape index (κ3) is 3.20. The molecule has 2 unspecified atom stereocenters. The van der Waals surface area contributed by atoms with Crippen LogP contribution in [0.4, 0.5) is 0 Å². The van der Waals surface area contributed by atoms with Crippen molar-refractivity contribution >= 4 is 31.9 Å². The molecule has 2 nitrogen and oxygen atoms in total. The molecule has 0 aliphatic rings. The van der Waals surface area contributed by atoms with Crippen molar-refractivity contribution in [2.75, 3.05) is 0 Å². The summed E-state index contributed by atoms with van der Waals surface area (Å²) in [5.74, 6) is 0. The molecule has 0 amide bonds. The van der Waals surface area contributed by atoms with Gasteiger partial charge in [0.05, 0.1) is 0 Å². The molecule has 4 N–H and O–H groups in total. The number of rotatable bonds is 3. The standard InChI is InChI=1S/C14H14Br2N2/c15-11-5-1-9(2-6-11)13(17)14(18)10-3-7-12(16)8-4-10/h1-8,13-14H,17-18H2. The monoisotopic (exact) mass is 368 g/mol. The van der Waals surface area contributed by atoms with Crippen molar-refractivity contribution in [1.29, 1.82) is 0 Å². The van der Waals surface area contributed by atoms with E-state index in [0.717, 1.165) is 20.1 Å². The molecule has 0 saturated carbocycles.